The third kappa shape index (κ3) is 4.94. The van der Waals surface area contributed by atoms with E-state index in [1.54, 1.807) is 0 Å². The summed E-state index contributed by atoms with van der Waals surface area (Å²) >= 11 is 0. The molecule has 6 aromatic carbocycles. The molecule has 0 aliphatic carbocycles. The molecule has 2 unspecified atom stereocenters. The van der Waals surface area contributed by atoms with E-state index in [0.29, 0.717) is 0 Å². The van der Waals surface area contributed by atoms with Gasteiger partial charge in [-0.1, -0.05) is 178 Å². The van der Waals surface area contributed by atoms with Gasteiger partial charge in [0.1, 0.15) is 11.9 Å². The summed E-state index contributed by atoms with van der Waals surface area (Å²) in [6, 6.07) is 58.8. The molecule has 0 radical (unpaired) electrons. The van der Waals surface area contributed by atoms with E-state index in [9.17, 15) is 0 Å². The Labute approximate surface area is 273 Å². The van der Waals surface area contributed by atoms with E-state index in [-0.39, 0.29) is 11.5 Å². The maximum absolute atomic E-state index is 6.97. The fraction of sp³-hybridized carbons (Fsp3) is 0.182. The van der Waals surface area contributed by atoms with Crippen LogP contribution in [0.4, 0.5) is 0 Å². The Kier molecular flexibility index (Phi) is 7.63. The summed E-state index contributed by atoms with van der Waals surface area (Å²) in [5.74, 6) is 0.859. The molecule has 46 heavy (non-hydrogen) atoms. The lowest BCUT2D eigenvalue weighted by Crippen LogP contribution is -2.50. The largest absolute Gasteiger partial charge is 0.486 e. The number of hydrogen-bond acceptors (Lipinski definition) is 2. The SMILES string of the molecule is CC(Oc1ccccc1C1(c2ccccc2)NC(c2ccccc2)(c2ccccc2)c2ccccc21)c1ccc(C(C)(C)C)cc1. The third-order valence-corrected chi connectivity index (χ3v) is 9.57. The molecule has 0 amide bonds. The average Bonchev–Trinajstić information content (AvgIpc) is 3.42. The summed E-state index contributed by atoms with van der Waals surface area (Å²) in [5.41, 5.74) is 8.32. The first kappa shape index (κ1) is 29.8. The van der Waals surface area contributed by atoms with Gasteiger partial charge >= 0.3 is 0 Å². The van der Waals surface area contributed by atoms with Crippen molar-refractivity contribution < 1.29 is 4.74 Å². The van der Waals surface area contributed by atoms with Crippen molar-refractivity contribution in [1.29, 1.82) is 0 Å². The predicted octanol–water partition coefficient (Wildman–Crippen LogP) is 10.3. The van der Waals surface area contributed by atoms with Gasteiger partial charge in [0.15, 0.2) is 0 Å². The van der Waals surface area contributed by atoms with Gasteiger partial charge in [-0.15, -0.1) is 0 Å². The topological polar surface area (TPSA) is 21.3 Å². The molecule has 7 rings (SSSR count). The number of nitrogens with one attached hydrogen (secondary N) is 1. The highest BCUT2D eigenvalue weighted by Gasteiger charge is 2.55. The van der Waals surface area contributed by atoms with Crippen LogP contribution in [0.25, 0.3) is 0 Å². The Morgan fingerprint density at radius 2 is 0.891 bits per heavy atom. The number of hydrogen-bond donors (Lipinski definition) is 1. The van der Waals surface area contributed by atoms with Gasteiger partial charge in [-0.2, -0.15) is 0 Å². The molecule has 2 nitrogen and oxygen atoms in total. The van der Waals surface area contributed by atoms with Gasteiger partial charge < -0.3 is 4.74 Å². The quantitative estimate of drug-likeness (QED) is 0.197. The van der Waals surface area contributed by atoms with E-state index in [0.717, 1.165) is 22.4 Å². The minimum atomic E-state index is -0.712. The van der Waals surface area contributed by atoms with E-state index >= 15 is 0 Å². The van der Waals surface area contributed by atoms with Gasteiger partial charge in [0, 0.05) is 5.56 Å². The molecular formula is C44H41NO. The highest BCUT2D eigenvalue weighted by atomic mass is 16.5. The molecule has 2 heteroatoms. The van der Waals surface area contributed by atoms with Crippen molar-refractivity contribution in [2.45, 2.75) is 50.3 Å². The first-order chi connectivity index (χ1) is 22.3. The summed E-state index contributed by atoms with van der Waals surface area (Å²) in [6.07, 6.45) is -0.146. The summed E-state index contributed by atoms with van der Waals surface area (Å²) in [7, 11) is 0. The van der Waals surface area contributed by atoms with Crippen LogP contribution < -0.4 is 10.1 Å². The lowest BCUT2D eigenvalue weighted by Gasteiger charge is -2.39. The molecule has 6 aromatic rings. The van der Waals surface area contributed by atoms with Crippen LogP contribution in [0.5, 0.6) is 5.75 Å². The number of benzene rings is 6. The van der Waals surface area contributed by atoms with Gasteiger partial charge in [-0.05, 0) is 57.3 Å². The maximum Gasteiger partial charge on any atom is 0.125 e. The third-order valence-electron chi connectivity index (χ3n) is 9.57. The standard InChI is InChI=1S/C44H41NO/c1-32(33-28-30-34(31-29-33)42(2,3)4)46-41-27-17-16-26-40(41)44(37-22-12-7-13-23-37)39-25-15-14-24-38(39)43(45-44,35-18-8-5-9-19-35)36-20-10-6-11-21-36/h5-32,45H,1-4H3. The Hall–Kier alpha value is -4.92. The predicted molar refractivity (Wildman–Crippen MR) is 189 cm³/mol. The second-order valence-corrected chi connectivity index (χ2v) is 13.4. The molecule has 0 bridgehead atoms. The molecule has 228 valence electrons. The van der Waals surface area contributed by atoms with Gasteiger partial charge in [-0.25, -0.2) is 0 Å². The van der Waals surface area contributed by atoms with Crippen molar-refractivity contribution in [3.05, 3.63) is 208 Å². The van der Waals surface area contributed by atoms with Crippen molar-refractivity contribution in [2.24, 2.45) is 0 Å². The Balaban J connectivity index is 1.45. The molecule has 0 aromatic heterocycles. The number of para-hydroxylation sites is 1. The van der Waals surface area contributed by atoms with Crippen LogP contribution in [0.15, 0.2) is 164 Å². The van der Waals surface area contributed by atoms with Gasteiger partial charge in [0.05, 0.1) is 11.1 Å². The van der Waals surface area contributed by atoms with Crippen LogP contribution in [-0.2, 0) is 16.5 Å². The van der Waals surface area contributed by atoms with Gasteiger partial charge in [0.2, 0.25) is 0 Å². The average molecular weight is 600 g/mol. The zero-order valence-corrected chi connectivity index (χ0v) is 27.1. The number of fused-ring (bicyclic) bond motifs is 1. The summed E-state index contributed by atoms with van der Waals surface area (Å²) < 4.78 is 6.97. The van der Waals surface area contributed by atoms with Crippen LogP contribution in [0.2, 0.25) is 0 Å². The van der Waals surface area contributed by atoms with E-state index < -0.39 is 11.1 Å². The van der Waals surface area contributed by atoms with E-state index in [2.05, 4.69) is 197 Å². The van der Waals surface area contributed by atoms with Crippen LogP contribution in [0.1, 0.15) is 78.3 Å². The van der Waals surface area contributed by atoms with Crippen LogP contribution in [-0.4, -0.2) is 0 Å². The zero-order chi connectivity index (χ0) is 31.8. The summed E-state index contributed by atoms with van der Waals surface area (Å²) in [5, 5.41) is 4.35. The molecule has 0 saturated carbocycles. The number of ether oxygens (including phenoxy) is 1. The molecular weight excluding hydrogens is 558 g/mol. The van der Waals surface area contributed by atoms with Crippen LogP contribution >= 0.6 is 0 Å². The summed E-state index contributed by atoms with van der Waals surface area (Å²) in [4.78, 5) is 0. The highest BCUT2D eigenvalue weighted by molar-refractivity contribution is 5.67. The molecule has 1 N–H and O–H groups in total. The molecule has 1 aliphatic rings. The van der Waals surface area contributed by atoms with E-state index in [4.69, 9.17) is 4.74 Å². The van der Waals surface area contributed by atoms with Crippen molar-refractivity contribution in [3.63, 3.8) is 0 Å². The fourth-order valence-corrected chi connectivity index (χ4v) is 7.23. The highest BCUT2D eigenvalue weighted by Crippen LogP contribution is 2.55. The first-order valence-electron chi connectivity index (χ1n) is 16.3. The van der Waals surface area contributed by atoms with Crippen molar-refractivity contribution in [3.8, 4) is 5.75 Å². The minimum absolute atomic E-state index is 0.100. The molecule has 0 fully saturated rings. The monoisotopic (exact) mass is 599 g/mol. The van der Waals surface area contributed by atoms with Gasteiger partial charge in [-0.3, -0.25) is 5.32 Å². The zero-order valence-electron chi connectivity index (χ0n) is 27.1. The summed E-state index contributed by atoms with van der Waals surface area (Å²) in [6.45, 7) is 8.89. The Bertz CT molecular complexity index is 1880. The lowest BCUT2D eigenvalue weighted by atomic mass is 9.76. The molecule has 0 saturated heterocycles. The van der Waals surface area contributed by atoms with Crippen LogP contribution in [0, 0.1) is 0 Å². The van der Waals surface area contributed by atoms with Crippen molar-refractivity contribution in [2.75, 3.05) is 0 Å². The van der Waals surface area contributed by atoms with E-state index in [1.807, 2.05) is 0 Å². The van der Waals surface area contributed by atoms with Crippen LogP contribution in [0.3, 0.4) is 0 Å². The van der Waals surface area contributed by atoms with Crippen molar-refractivity contribution >= 4 is 0 Å². The van der Waals surface area contributed by atoms with E-state index in [1.165, 1.54) is 27.8 Å². The molecule has 0 spiro atoms. The lowest BCUT2D eigenvalue weighted by molar-refractivity contribution is 0.220. The molecule has 2 atom stereocenters. The minimum Gasteiger partial charge on any atom is -0.486 e. The second-order valence-electron chi connectivity index (χ2n) is 13.4. The Morgan fingerprint density at radius 3 is 1.39 bits per heavy atom. The normalized spacial score (nSPS) is 17.7. The second kappa shape index (κ2) is 11.8. The maximum atomic E-state index is 6.97. The smallest absolute Gasteiger partial charge is 0.125 e. The first-order valence-corrected chi connectivity index (χ1v) is 16.3. The number of rotatable bonds is 7. The molecule has 1 heterocycles. The molecule has 1 aliphatic heterocycles. The van der Waals surface area contributed by atoms with Crippen molar-refractivity contribution in [1.82, 2.24) is 5.32 Å². The van der Waals surface area contributed by atoms with Gasteiger partial charge in [0.25, 0.3) is 0 Å². The Morgan fingerprint density at radius 1 is 0.478 bits per heavy atom. The fourth-order valence-electron chi connectivity index (χ4n) is 7.23.